The van der Waals surface area contributed by atoms with Gasteiger partial charge in [0.1, 0.15) is 11.6 Å². The van der Waals surface area contributed by atoms with Crippen molar-refractivity contribution in [2.75, 3.05) is 5.73 Å². The number of hydrogen-bond acceptors (Lipinski definition) is 2. The van der Waals surface area contributed by atoms with Gasteiger partial charge >= 0.3 is 0 Å². The summed E-state index contributed by atoms with van der Waals surface area (Å²) in [5.74, 6) is -1.73. The van der Waals surface area contributed by atoms with Crippen molar-refractivity contribution >= 4 is 11.5 Å². The summed E-state index contributed by atoms with van der Waals surface area (Å²) in [6.07, 6.45) is 0.559. The standard InChI is InChI=1S/C15H13F2NO/c16-11-5-6-14(17)13(9-11)15(19)7-4-10-2-1-3-12(18)8-10/h1-3,5-6,8-9H,4,7,18H2. The first kappa shape index (κ1) is 13.2. The summed E-state index contributed by atoms with van der Waals surface area (Å²) in [5.41, 5.74) is 6.93. The highest BCUT2D eigenvalue weighted by atomic mass is 19.1. The van der Waals surface area contributed by atoms with Gasteiger partial charge in [-0.2, -0.15) is 0 Å². The van der Waals surface area contributed by atoms with E-state index in [0.717, 1.165) is 23.8 Å². The first-order chi connectivity index (χ1) is 9.06. The molecule has 2 rings (SSSR count). The fourth-order valence-corrected chi connectivity index (χ4v) is 1.85. The molecule has 0 bridgehead atoms. The number of anilines is 1. The topological polar surface area (TPSA) is 43.1 Å². The maximum absolute atomic E-state index is 13.4. The lowest BCUT2D eigenvalue weighted by molar-refractivity contribution is 0.0978. The van der Waals surface area contributed by atoms with Gasteiger partial charge in [0, 0.05) is 12.1 Å². The first-order valence-electron chi connectivity index (χ1n) is 5.89. The number of nitrogens with two attached hydrogens (primary N) is 1. The molecule has 2 nitrogen and oxygen atoms in total. The van der Waals surface area contributed by atoms with E-state index >= 15 is 0 Å². The number of benzene rings is 2. The normalized spacial score (nSPS) is 10.4. The van der Waals surface area contributed by atoms with Gasteiger partial charge in [-0.05, 0) is 42.3 Å². The molecule has 0 aliphatic carbocycles. The fraction of sp³-hybridized carbons (Fsp3) is 0.133. The van der Waals surface area contributed by atoms with E-state index < -0.39 is 17.4 Å². The smallest absolute Gasteiger partial charge is 0.166 e. The number of hydrogen-bond donors (Lipinski definition) is 1. The van der Waals surface area contributed by atoms with Crippen LogP contribution in [0.2, 0.25) is 0 Å². The van der Waals surface area contributed by atoms with E-state index in [1.54, 1.807) is 18.2 Å². The lowest BCUT2D eigenvalue weighted by atomic mass is 10.0. The zero-order valence-corrected chi connectivity index (χ0v) is 10.2. The summed E-state index contributed by atoms with van der Waals surface area (Å²) in [7, 11) is 0. The number of aryl methyl sites for hydroxylation is 1. The van der Waals surface area contributed by atoms with Gasteiger partial charge in [-0.25, -0.2) is 8.78 Å². The van der Waals surface area contributed by atoms with Gasteiger partial charge in [-0.3, -0.25) is 4.79 Å². The second kappa shape index (κ2) is 5.61. The van der Waals surface area contributed by atoms with Crippen molar-refractivity contribution in [3.05, 3.63) is 65.2 Å². The number of carbonyl (C=O) groups excluding carboxylic acids is 1. The van der Waals surface area contributed by atoms with E-state index in [0.29, 0.717) is 12.1 Å². The number of Topliss-reactive ketones (excluding diaryl/α,β-unsaturated/α-hetero) is 1. The molecule has 0 aromatic heterocycles. The predicted molar refractivity (Wildman–Crippen MR) is 69.9 cm³/mol. The van der Waals surface area contributed by atoms with Gasteiger partial charge in [-0.1, -0.05) is 12.1 Å². The largest absolute Gasteiger partial charge is 0.399 e. The third-order valence-electron chi connectivity index (χ3n) is 2.82. The van der Waals surface area contributed by atoms with Crippen LogP contribution < -0.4 is 5.73 Å². The molecule has 98 valence electrons. The quantitative estimate of drug-likeness (QED) is 0.677. The average molecular weight is 261 g/mol. The van der Waals surface area contributed by atoms with E-state index in [2.05, 4.69) is 0 Å². The Labute approximate surface area is 109 Å². The Morgan fingerprint density at radius 1 is 1.11 bits per heavy atom. The van der Waals surface area contributed by atoms with E-state index in [1.165, 1.54) is 0 Å². The summed E-state index contributed by atoms with van der Waals surface area (Å²) in [5, 5.41) is 0. The van der Waals surface area contributed by atoms with Gasteiger partial charge in [0.15, 0.2) is 5.78 Å². The zero-order chi connectivity index (χ0) is 13.8. The molecule has 0 saturated carbocycles. The molecule has 0 heterocycles. The number of ketones is 1. The van der Waals surface area contributed by atoms with Crippen LogP contribution in [0.3, 0.4) is 0 Å². The maximum atomic E-state index is 13.4. The third kappa shape index (κ3) is 3.37. The summed E-state index contributed by atoms with van der Waals surface area (Å²) < 4.78 is 26.4. The SMILES string of the molecule is Nc1cccc(CCC(=O)c2cc(F)ccc2F)c1. The van der Waals surface area contributed by atoms with E-state index in [-0.39, 0.29) is 12.0 Å². The molecule has 0 atom stereocenters. The molecule has 0 saturated heterocycles. The van der Waals surface area contributed by atoms with Gasteiger partial charge in [-0.15, -0.1) is 0 Å². The minimum Gasteiger partial charge on any atom is -0.399 e. The Hall–Kier alpha value is -2.23. The van der Waals surface area contributed by atoms with Crippen LogP contribution in [-0.2, 0) is 6.42 Å². The molecule has 2 N–H and O–H groups in total. The van der Waals surface area contributed by atoms with Crippen LogP contribution in [0.1, 0.15) is 22.3 Å². The van der Waals surface area contributed by atoms with Crippen molar-refractivity contribution in [3.8, 4) is 0 Å². The minimum atomic E-state index is -0.695. The second-order valence-electron chi connectivity index (χ2n) is 4.29. The van der Waals surface area contributed by atoms with Gasteiger partial charge < -0.3 is 5.73 Å². The lowest BCUT2D eigenvalue weighted by Crippen LogP contribution is -2.05. The second-order valence-corrected chi connectivity index (χ2v) is 4.29. The van der Waals surface area contributed by atoms with Crippen LogP contribution >= 0.6 is 0 Å². The zero-order valence-electron chi connectivity index (χ0n) is 10.2. The molecule has 2 aromatic rings. The Bertz CT molecular complexity index is 611. The summed E-state index contributed by atoms with van der Waals surface area (Å²) >= 11 is 0. The van der Waals surface area contributed by atoms with Crippen LogP contribution in [0.5, 0.6) is 0 Å². The number of halogens is 2. The Morgan fingerprint density at radius 3 is 2.63 bits per heavy atom. The molecule has 0 fully saturated rings. The molecular weight excluding hydrogens is 248 g/mol. The van der Waals surface area contributed by atoms with E-state index in [1.807, 2.05) is 6.07 Å². The van der Waals surface area contributed by atoms with Crippen molar-refractivity contribution in [3.63, 3.8) is 0 Å². The fourth-order valence-electron chi connectivity index (χ4n) is 1.85. The van der Waals surface area contributed by atoms with Gasteiger partial charge in [0.2, 0.25) is 0 Å². The molecular formula is C15H13F2NO. The molecule has 19 heavy (non-hydrogen) atoms. The van der Waals surface area contributed by atoms with Crippen LogP contribution in [0.15, 0.2) is 42.5 Å². The molecule has 0 amide bonds. The third-order valence-corrected chi connectivity index (χ3v) is 2.82. The Morgan fingerprint density at radius 2 is 1.89 bits per heavy atom. The van der Waals surface area contributed by atoms with Gasteiger partial charge in [0.25, 0.3) is 0 Å². The highest BCUT2D eigenvalue weighted by molar-refractivity contribution is 5.96. The average Bonchev–Trinajstić information content (AvgIpc) is 2.39. The Balaban J connectivity index is 2.07. The summed E-state index contributed by atoms with van der Waals surface area (Å²) in [4.78, 5) is 11.8. The maximum Gasteiger partial charge on any atom is 0.166 e. The lowest BCUT2D eigenvalue weighted by Gasteiger charge is -2.04. The van der Waals surface area contributed by atoms with Crippen molar-refractivity contribution in [2.45, 2.75) is 12.8 Å². The molecule has 0 aliphatic heterocycles. The van der Waals surface area contributed by atoms with E-state index in [9.17, 15) is 13.6 Å². The van der Waals surface area contributed by atoms with Crippen LogP contribution in [0.25, 0.3) is 0 Å². The molecule has 0 radical (unpaired) electrons. The van der Waals surface area contributed by atoms with Crippen molar-refractivity contribution in [1.82, 2.24) is 0 Å². The Kier molecular flexibility index (Phi) is 3.90. The first-order valence-corrected chi connectivity index (χ1v) is 5.89. The van der Waals surface area contributed by atoms with Gasteiger partial charge in [0.05, 0.1) is 5.56 Å². The highest BCUT2D eigenvalue weighted by Crippen LogP contribution is 2.15. The number of rotatable bonds is 4. The monoisotopic (exact) mass is 261 g/mol. The van der Waals surface area contributed by atoms with Crippen molar-refractivity contribution in [2.24, 2.45) is 0 Å². The van der Waals surface area contributed by atoms with Crippen LogP contribution in [0.4, 0.5) is 14.5 Å². The van der Waals surface area contributed by atoms with Crippen molar-refractivity contribution < 1.29 is 13.6 Å². The molecule has 2 aromatic carbocycles. The van der Waals surface area contributed by atoms with Crippen molar-refractivity contribution in [1.29, 1.82) is 0 Å². The molecule has 0 spiro atoms. The highest BCUT2D eigenvalue weighted by Gasteiger charge is 2.12. The van der Waals surface area contributed by atoms with Crippen LogP contribution in [0, 0.1) is 11.6 Å². The summed E-state index contributed by atoms with van der Waals surface area (Å²) in [6, 6.07) is 10.0. The molecule has 4 heteroatoms. The predicted octanol–water partition coefficient (Wildman–Crippen LogP) is 3.36. The number of carbonyl (C=O) groups is 1. The molecule has 0 unspecified atom stereocenters. The minimum absolute atomic E-state index is 0.115. The molecule has 0 aliphatic rings. The summed E-state index contributed by atoms with van der Waals surface area (Å²) in [6.45, 7) is 0. The number of nitrogen functional groups attached to an aromatic ring is 1. The van der Waals surface area contributed by atoms with Crippen LogP contribution in [-0.4, -0.2) is 5.78 Å². The van der Waals surface area contributed by atoms with E-state index in [4.69, 9.17) is 5.73 Å².